The summed E-state index contributed by atoms with van der Waals surface area (Å²) in [6.45, 7) is 1.19. The highest BCUT2D eigenvalue weighted by molar-refractivity contribution is 5.86. The average Bonchev–Trinajstić information content (AvgIpc) is 2.88. The van der Waals surface area contributed by atoms with E-state index in [0.29, 0.717) is 5.57 Å². The summed E-state index contributed by atoms with van der Waals surface area (Å²) in [7, 11) is 0. The van der Waals surface area contributed by atoms with E-state index in [0.717, 1.165) is 6.20 Å². The number of nitriles is 1. The molecule has 0 aromatic rings. The maximum absolute atomic E-state index is 13.4. The van der Waals surface area contributed by atoms with Crippen molar-refractivity contribution in [1.29, 1.82) is 5.26 Å². The fourth-order valence-electron chi connectivity index (χ4n) is 2.50. The highest BCUT2D eigenvalue weighted by Gasteiger charge is 2.63. The summed E-state index contributed by atoms with van der Waals surface area (Å²) >= 11 is 0. The van der Waals surface area contributed by atoms with Crippen molar-refractivity contribution in [3.05, 3.63) is 35.6 Å². The van der Waals surface area contributed by atoms with Crippen LogP contribution in [0.4, 0.5) is 13.2 Å². The van der Waals surface area contributed by atoms with E-state index < -0.39 is 29.6 Å². The van der Waals surface area contributed by atoms with Crippen molar-refractivity contribution in [3.63, 3.8) is 0 Å². The van der Waals surface area contributed by atoms with E-state index in [-0.39, 0.29) is 12.2 Å². The third-order valence-electron chi connectivity index (χ3n) is 3.65. The van der Waals surface area contributed by atoms with Crippen LogP contribution in [0.3, 0.4) is 0 Å². The number of hydrogen-bond acceptors (Lipinski definition) is 5. The Hall–Kier alpha value is -2.27. The van der Waals surface area contributed by atoms with E-state index >= 15 is 0 Å². The Morgan fingerprint density at radius 3 is 2.77 bits per heavy atom. The number of nitrogens with zero attached hydrogens (tertiary/aromatic N) is 1. The first kappa shape index (κ1) is 16.1. The van der Waals surface area contributed by atoms with Crippen LogP contribution in [-0.2, 0) is 9.53 Å². The molecule has 0 aromatic heterocycles. The number of carbonyl (C=O) groups excluding carboxylic acids is 1. The van der Waals surface area contributed by atoms with Gasteiger partial charge in [0.2, 0.25) is 5.54 Å². The summed E-state index contributed by atoms with van der Waals surface area (Å²) in [5.74, 6) is -2.31. The third kappa shape index (κ3) is 2.37. The molecular formula is C14H14F3N3O2. The molecule has 1 aliphatic heterocycles. The average molecular weight is 313 g/mol. The molecule has 118 valence electrons. The van der Waals surface area contributed by atoms with Crippen LogP contribution in [0.25, 0.3) is 0 Å². The molecule has 22 heavy (non-hydrogen) atoms. The fraction of sp³-hybridized carbons (Fsp3) is 0.429. The highest BCUT2D eigenvalue weighted by atomic mass is 19.4. The van der Waals surface area contributed by atoms with Crippen molar-refractivity contribution in [3.8, 4) is 6.07 Å². The van der Waals surface area contributed by atoms with E-state index in [1.807, 2.05) is 6.07 Å². The Labute approximate surface area is 124 Å². The zero-order valence-electron chi connectivity index (χ0n) is 11.6. The van der Waals surface area contributed by atoms with Gasteiger partial charge in [-0.05, 0) is 30.8 Å². The number of fused-ring (bicyclic) bond motifs is 1. The van der Waals surface area contributed by atoms with Crippen LogP contribution in [0.15, 0.2) is 35.6 Å². The molecule has 0 radical (unpaired) electrons. The Bertz CT molecular complexity index is 616. The van der Waals surface area contributed by atoms with Gasteiger partial charge in [-0.1, -0.05) is 6.08 Å². The molecule has 0 bridgehead atoms. The number of esters is 1. The quantitative estimate of drug-likeness (QED) is 0.767. The smallest absolute Gasteiger partial charge is 0.421 e. The molecule has 3 atom stereocenters. The minimum Gasteiger partial charge on any atom is -0.464 e. The number of hydrogen-bond donors (Lipinski definition) is 2. The molecule has 5 nitrogen and oxygen atoms in total. The zero-order chi connectivity index (χ0) is 16.5. The molecule has 0 saturated heterocycles. The van der Waals surface area contributed by atoms with Gasteiger partial charge >= 0.3 is 12.1 Å². The zero-order valence-corrected chi connectivity index (χ0v) is 11.6. The lowest BCUT2D eigenvalue weighted by atomic mass is 9.78. The molecule has 3 unspecified atom stereocenters. The largest absolute Gasteiger partial charge is 0.464 e. The molecule has 8 heteroatoms. The van der Waals surface area contributed by atoms with Gasteiger partial charge in [-0.15, -0.1) is 0 Å². The van der Waals surface area contributed by atoms with Crippen molar-refractivity contribution in [1.82, 2.24) is 5.32 Å². The van der Waals surface area contributed by atoms with Crippen LogP contribution >= 0.6 is 0 Å². The van der Waals surface area contributed by atoms with E-state index in [9.17, 15) is 18.0 Å². The van der Waals surface area contributed by atoms with Gasteiger partial charge in [-0.25, -0.2) is 4.79 Å². The molecular weight excluding hydrogens is 299 g/mol. The summed E-state index contributed by atoms with van der Waals surface area (Å²) in [5.41, 5.74) is 2.23. The number of rotatable bonds is 3. The Kier molecular flexibility index (Phi) is 4.02. The molecule has 0 fully saturated rings. The van der Waals surface area contributed by atoms with E-state index in [4.69, 9.17) is 11.0 Å². The molecule has 1 heterocycles. The first-order valence-corrected chi connectivity index (χ1v) is 6.55. The van der Waals surface area contributed by atoms with Gasteiger partial charge < -0.3 is 15.8 Å². The highest BCUT2D eigenvalue weighted by Crippen LogP contribution is 2.42. The van der Waals surface area contributed by atoms with Gasteiger partial charge in [0.05, 0.1) is 18.7 Å². The Morgan fingerprint density at radius 2 is 2.23 bits per heavy atom. The van der Waals surface area contributed by atoms with Gasteiger partial charge in [0.1, 0.15) is 0 Å². The van der Waals surface area contributed by atoms with Crippen molar-refractivity contribution in [2.24, 2.45) is 11.7 Å². The van der Waals surface area contributed by atoms with Gasteiger partial charge in [-0.3, -0.25) is 0 Å². The van der Waals surface area contributed by atoms with Crippen molar-refractivity contribution < 1.29 is 22.7 Å². The standard InChI is InChI=1S/C14H14F3N3O2/c1-2-22-12(21)13(19,14(15,16)17)10-7-20-11-5-8(6-18)3-4-9(10)11/h3-5,7,9,11,20H,2,19H2,1H3. The number of halogens is 3. The first-order chi connectivity index (χ1) is 10.3. The maximum Gasteiger partial charge on any atom is 0.421 e. The van der Waals surface area contributed by atoms with Crippen molar-refractivity contribution in [2.45, 2.75) is 24.7 Å². The van der Waals surface area contributed by atoms with E-state index in [1.54, 1.807) is 0 Å². The number of ether oxygens (including phenoxy) is 1. The second kappa shape index (κ2) is 5.50. The molecule has 2 rings (SSSR count). The van der Waals surface area contributed by atoms with Gasteiger partial charge in [-0.2, -0.15) is 18.4 Å². The van der Waals surface area contributed by atoms with Crippen LogP contribution < -0.4 is 11.1 Å². The van der Waals surface area contributed by atoms with Gasteiger partial charge in [0.25, 0.3) is 0 Å². The van der Waals surface area contributed by atoms with Crippen molar-refractivity contribution in [2.75, 3.05) is 6.61 Å². The fourth-order valence-corrected chi connectivity index (χ4v) is 2.50. The monoisotopic (exact) mass is 313 g/mol. The summed E-state index contributed by atoms with van der Waals surface area (Å²) in [4.78, 5) is 11.9. The topological polar surface area (TPSA) is 88.1 Å². The van der Waals surface area contributed by atoms with Gasteiger partial charge in [0.15, 0.2) is 0 Å². The number of nitrogens with one attached hydrogen (secondary N) is 1. The second-order valence-corrected chi connectivity index (χ2v) is 4.94. The minimum absolute atomic E-state index is 0.211. The first-order valence-electron chi connectivity index (χ1n) is 6.55. The summed E-state index contributed by atoms with van der Waals surface area (Å²) in [6.07, 6.45) is 0.414. The number of nitrogens with two attached hydrogens (primary N) is 1. The Morgan fingerprint density at radius 1 is 1.55 bits per heavy atom. The van der Waals surface area contributed by atoms with Crippen LogP contribution in [0.1, 0.15) is 6.92 Å². The van der Waals surface area contributed by atoms with Crippen LogP contribution in [0, 0.1) is 17.2 Å². The van der Waals surface area contributed by atoms with Crippen LogP contribution in [-0.4, -0.2) is 30.3 Å². The normalized spacial score (nSPS) is 26.0. The molecule has 0 aromatic carbocycles. The number of carbonyl (C=O) groups is 1. The molecule has 2 aliphatic rings. The SMILES string of the molecule is CCOC(=O)C(N)(C1=CNC2C=C(C#N)C=CC12)C(F)(F)F. The summed E-state index contributed by atoms with van der Waals surface area (Å²) in [5, 5.41) is 11.6. The number of alkyl halides is 3. The second-order valence-electron chi connectivity index (χ2n) is 4.94. The number of allylic oxidation sites excluding steroid dienone is 2. The third-order valence-corrected chi connectivity index (χ3v) is 3.65. The van der Waals surface area contributed by atoms with Crippen LogP contribution in [0.2, 0.25) is 0 Å². The van der Waals surface area contributed by atoms with Crippen molar-refractivity contribution >= 4 is 5.97 Å². The predicted molar refractivity (Wildman–Crippen MR) is 70.9 cm³/mol. The molecule has 0 saturated carbocycles. The minimum atomic E-state index is -5.01. The van der Waals surface area contributed by atoms with Crippen LogP contribution in [0.5, 0.6) is 0 Å². The lowest BCUT2D eigenvalue weighted by Crippen LogP contribution is -2.62. The lowest BCUT2D eigenvalue weighted by molar-refractivity contribution is -0.198. The Balaban J connectivity index is 2.40. The van der Waals surface area contributed by atoms with E-state index in [2.05, 4.69) is 10.1 Å². The predicted octanol–water partition coefficient (Wildman–Crippen LogP) is 1.30. The summed E-state index contributed by atoms with van der Waals surface area (Å²) < 4.78 is 44.9. The lowest BCUT2D eigenvalue weighted by Gasteiger charge is -2.33. The maximum atomic E-state index is 13.4. The van der Waals surface area contributed by atoms with E-state index in [1.165, 1.54) is 25.2 Å². The van der Waals surface area contributed by atoms with Gasteiger partial charge in [0, 0.05) is 11.5 Å². The molecule has 0 amide bonds. The molecule has 1 aliphatic carbocycles. The molecule has 3 N–H and O–H groups in total. The molecule has 0 spiro atoms. The summed E-state index contributed by atoms with van der Waals surface area (Å²) in [6, 6.07) is 1.36.